The van der Waals surface area contributed by atoms with Crippen LogP contribution in [0.1, 0.15) is 34.1 Å². The van der Waals surface area contributed by atoms with Gasteiger partial charge in [0.15, 0.2) is 0 Å². The lowest BCUT2D eigenvalue weighted by Gasteiger charge is -2.25. The van der Waals surface area contributed by atoms with Gasteiger partial charge in [0.1, 0.15) is 5.75 Å². The Morgan fingerprint density at radius 1 is 1.22 bits per heavy atom. The first-order valence-electron chi connectivity index (χ1n) is 8.17. The fourth-order valence-corrected chi connectivity index (χ4v) is 2.71. The molecule has 130 valence electrons. The van der Waals surface area contributed by atoms with Gasteiger partial charge < -0.3 is 15.0 Å². The standard InChI is InChI=1S/C18H29ClN2O2/c1-13(2)11-21(12-14(3)4)9-8-18(22)20-16-10-15(19)6-7-17(16)23-5/h6-7,10,13-14H,8-9,11-12H2,1-5H3,(H,20,22). The lowest BCUT2D eigenvalue weighted by Crippen LogP contribution is -2.34. The van der Waals surface area contributed by atoms with Crippen molar-refractivity contribution in [2.45, 2.75) is 34.1 Å². The number of amides is 1. The number of rotatable bonds is 9. The third-order valence-corrected chi connectivity index (χ3v) is 3.57. The Balaban J connectivity index is 2.59. The van der Waals surface area contributed by atoms with Crippen molar-refractivity contribution in [2.24, 2.45) is 11.8 Å². The first-order chi connectivity index (χ1) is 10.8. The average molecular weight is 341 g/mol. The molecule has 0 aromatic heterocycles. The van der Waals surface area contributed by atoms with E-state index < -0.39 is 0 Å². The van der Waals surface area contributed by atoms with Gasteiger partial charge in [-0.15, -0.1) is 0 Å². The van der Waals surface area contributed by atoms with Crippen molar-refractivity contribution in [1.82, 2.24) is 4.90 Å². The Hall–Kier alpha value is -1.26. The molecule has 0 atom stereocenters. The van der Waals surface area contributed by atoms with Crippen molar-refractivity contribution in [3.63, 3.8) is 0 Å². The van der Waals surface area contributed by atoms with Crippen LogP contribution in [0.5, 0.6) is 5.75 Å². The Morgan fingerprint density at radius 2 is 1.83 bits per heavy atom. The molecule has 0 aliphatic rings. The smallest absolute Gasteiger partial charge is 0.225 e. The summed E-state index contributed by atoms with van der Waals surface area (Å²) < 4.78 is 5.25. The molecular weight excluding hydrogens is 312 g/mol. The minimum absolute atomic E-state index is 0.0249. The highest BCUT2D eigenvalue weighted by atomic mass is 35.5. The van der Waals surface area contributed by atoms with E-state index in [1.165, 1.54) is 0 Å². The SMILES string of the molecule is COc1ccc(Cl)cc1NC(=O)CCN(CC(C)C)CC(C)C. The van der Waals surface area contributed by atoms with Crippen molar-refractivity contribution in [3.8, 4) is 5.75 Å². The van der Waals surface area contributed by atoms with Crippen LogP contribution in [-0.4, -0.2) is 37.6 Å². The van der Waals surface area contributed by atoms with Crippen molar-refractivity contribution in [3.05, 3.63) is 23.2 Å². The Labute approximate surface area is 145 Å². The normalized spacial score (nSPS) is 11.3. The molecule has 0 spiro atoms. The van der Waals surface area contributed by atoms with E-state index in [9.17, 15) is 4.79 Å². The van der Waals surface area contributed by atoms with Gasteiger partial charge in [0.05, 0.1) is 12.8 Å². The van der Waals surface area contributed by atoms with Gasteiger partial charge in [-0.2, -0.15) is 0 Å². The molecule has 1 aromatic carbocycles. The van der Waals surface area contributed by atoms with Crippen molar-refractivity contribution < 1.29 is 9.53 Å². The second-order valence-corrected chi connectivity index (χ2v) is 7.13. The summed E-state index contributed by atoms with van der Waals surface area (Å²) in [6.07, 6.45) is 0.453. The Kier molecular flexibility index (Phi) is 8.42. The lowest BCUT2D eigenvalue weighted by molar-refractivity contribution is -0.116. The van der Waals surface area contributed by atoms with Gasteiger partial charge in [0.2, 0.25) is 5.91 Å². The second-order valence-electron chi connectivity index (χ2n) is 6.69. The molecule has 0 unspecified atom stereocenters. The number of hydrogen-bond donors (Lipinski definition) is 1. The topological polar surface area (TPSA) is 41.6 Å². The number of nitrogens with one attached hydrogen (secondary N) is 1. The highest BCUT2D eigenvalue weighted by Gasteiger charge is 2.13. The maximum atomic E-state index is 12.2. The van der Waals surface area contributed by atoms with E-state index >= 15 is 0 Å². The number of methoxy groups -OCH3 is 1. The Bertz CT molecular complexity index is 494. The number of nitrogens with zero attached hydrogens (tertiary/aromatic N) is 1. The zero-order valence-electron chi connectivity index (χ0n) is 14.9. The average Bonchev–Trinajstić information content (AvgIpc) is 2.44. The zero-order chi connectivity index (χ0) is 17.4. The summed E-state index contributed by atoms with van der Waals surface area (Å²) >= 11 is 5.98. The van der Waals surface area contributed by atoms with Crippen LogP contribution in [0.4, 0.5) is 5.69 Å². The highest BCUT2D eigenvalue weighted by molar-refractivity contribution is 6.31. The fourth-order valence-electron chi connectivity index (χ4n) is 2.54. The van der Waals surface area contributed by atoms with Gasteiger partial charge in [-0.05, 0) is 30.0 Å². The monoisotopic (exact) mass is 340 g/mol. The maximum Gasteiger partial charge on any atom is 0.225 e. The number of hydrogen-bond acceptors (Lipinski definition) is 3. The van der Waals surface area contributed by atoms with E-state index in [2.05, 4.69) is 37.9 Å². The van der Waals surface area contributed by atoms with E-state index in [-0.39, 0.29) is 5.91 Å². The molecule has 4 nitrogen and oxygen atoms in total. The quantitative estimate of drug-likeness (QED) is 0.729. The number of carbonyl (C=O) groups is 1. The third-order valence-electron chi connectivity index (χ3n) is 3.34. The van der Waals surface area contributed by atoms with Gasteiger partial charge in [-0.1, -0.05) is 39.3 Å². The lowest BCUT2D eigenvalue weighted by atomic mass is 10.1. The highest BCUT2D eigenvalue weighted by Crippen LogP contribution is 2.27. The molecule has 0 bridgehead atoms. The number of halogens is 1. The molecule has 0 fully saturated rings. The molecule has 0 heterocycles. The fraction of sp³-hybridized carbons (Fsp3) is 0.611. The third kappa shape index (κ3) is 7.71. The van der Waals surface area contributed by atoms with Crippen LogP contribution in [0, 0.1) is 11.8 Å². The Morgan fingerprint density at radius 3 is 2.35 bits per heavy atom. The number of ether oxygens (including phenoxy) is 1. The van der Waals surface area contributed by atoms with Crippen LogP contribution in [0.2, 0.25) is 5.02 Å². The van der Waals surface area contributed by atoms with Gasteiger partial charge in [-0.25, -0.2) is 0 Å². The maximum absolute atomic E-state index is 12.2. The molecular formula is C18H29ClN2O2. The number of carbonyl (C=O) groups excluding carboxylic acids is 1. The number of benzene rings is 1. The van der Waals surface area contributed by atoms with E-state index in [1.54, 1.807) is 25.3 Å². The molecule has 1 N–H and O–H groups in total. The van der Waals surface area contributed by atoms with Crippen LogP contribution in [0.3, 0.4) is 0 Å². The predicted molar refractivity (Wildman–Crippen MR) is 97.4 cm³/mol. The number of anilines is 1. The minimum atomic E-state index is -0.0249. The largest absolute Gasteiger partial charge is 0.495 e. The van der Waals surface area contributed by atoms with Gasteiger partial charge in [0.25, 0.3) is 0 Å². The van der Waals surface area contributed by atoms with Crippen molar-refractivity contribution in [2.75, 3.05) is 32.1 Å². The molecule has 1 amide bonds. The molecule has 0 saturated heterocycles. The molecule has 23 heavy (non-hydrogen) atoms. The summed E-state index contributed by atoms with van der Waals surface area (Å²) in [6, 6.07) is 5.20. The van der Waals surface area contributed by atoms with E-state index in [0.29, 0.717) is 34.7 Å². The molecule has 0 radical (unpaired) electrons. The second kappa shape index (κ2) is 9.78. The van der Waals surface area contributed by atoms with Crippen LogP contribution < -0.4 is 10.1 Å². The van der Waals surface area contributed by atoms with E-state index in [1.807, 2.05) is 0 Å². The summed E-state index contributed by atoms with van der Waals surface area (Å²) in [5, 5.41) is 3.46. The predicted octanol–water partition coefficient (Wildman–Crippen LogP) is 4.29. The van der Waals surface area contributed by atoms with Crippen molar-refractivity contribution >= 4 is 23.2 Å². The molecule has 0 aliphatic heterocycles. The van der Waals surface area contributed by atoms with Gasteiger partial charge in [0, 0.05) is 31.1 Å². The van der Waals surface area contributed by atoms with E-state index in [0.717, 1.165) is 19.6 Å². The summed E-state index contributed by atoms with van der Waals surface area (Å²) in [4.78, 5) is 14.6. The molecule has 0 aliphatic carbocycles. The zero-order valence-corrected chi connectivity index (χ0v) is 15.6. The summed E-state index contributed by atoms with van der Waals surface area (Å²) in [5.41, 5.74) is 0.615. The molecule has 5 heteroatoms. The minimum Gasteiger partial charge on any atom is -0.495 e. The van der Waals surface area contributed by atoms with Crippen LogP contribution in [0.25, 0.3) is 0 Å². The van der Waals surface area contributed by atoms with E-state index in [4.69, 9.17) is 16.3 Å². The summed E-state index contributed by atoms with van der Waals surface area (Å²) in [6.45, 7) is 11.6. The van der Waals surface area contributed by atoms with Crippen molar-refractivity contribution in [1.29, 1.82) is 0 Å². The molecule has 1 rings (SSSR count). The summed E-state index contributed by atoms with van der Waals surface area (Å²) in [5.74, 6) is 1.77. The van der Waals surface area contributed by atoms with Crippen LogP contribution >= 0.6 is 11.6 Å². The van der Waals surface area contributed by atoms with Gasteiger partial charge in [-0.3, -0.25) is 4.79 Å². The summed E-state index contributed by atoms with van der Waals surface area (Å²) in [7, 11) is 1.58. The van der Waals surface area contributed by atoms with Crippen LogP contribution in [-0.2, 0) is 4.79 Å². The molecule has 0 saturated carbocycles. The van der Waals surface area contributed by atoms with Gasteiger partial charge >= 0.3 is 0 Å². The molecule has 1 aromatic rings. The first kappa shape index (κ1) is 19.8. The first-order valence-corrected chi connectivity index (χ1v) is 8.55. The van der Waals surface area contributed by atoms with Crippen LogP contribution in [0.15, 0.2) is 18.2 Å².